The van der Waals surface area contributed by atoms with Crippen molar-refractivity contribution in [2.24, 2.45) is 5.10 Å². The second-order valence-corrected chi connectivity index (χ2v) is 5.57. The lowest BCUT2D eigenvalue weighted by atomic mass is 10.0. The molecule has 2 aromatic carbocycles. The van der Waals surface area contributed by atoms with Gasteiger partial charge in [-0.2, -0.15) is 5.10 Å². The minimum atomic E-state index is -0.673. The Kier molecular flexibility index (Phi) is 5.66. The van der Waals surface area contributed by atoms with Crippen molar-refractivity contribution in [3.8, 4) is 0 Å². The number of amides is 1. The van der Waals surface area contributed by atoms with Crippen molar-refractivity contribution < 1.29 is 9.53 Å². The molecule has 0 heterocycles. The molecule has 2 rings (SSSR count). The van der Waals surface area contributed by atoms with Crippen molar-refractivity contribution in [2.75, 3.05) is 7.11 Å². The van der Waals surface area contributed by atoms with Crippen molar-refractivity contribution in [1.29, 1.82) is 0 Å². The molecule has 23 heavy (non-hydrogen) atoms. The lowest BCUT2D eigenvalue weighted by molar-refractivity contribution is -0.131. The van der Waals surface area contributed by atoms with Crippen molar-refractivity contribution in [3.63, 3.8) is 0 Å². The molecule has 1 amide bonds. The molecule has 0 aliphatic heterocycles. The molecule has 0 aliphatic carbocycles. The van der Waals surface area contributed by atoms with E-state index in [1.807, 2.05) is 44.2 Å². The summed E-state index contributed by atoms with van der Waals surface area (Å²) in [5.74, 6) is -0.294. The smallest absolute Gasteiger partial charge is 0.273 e. The second-order valence-electron chi connectivity index (χ2n) is 5.57. The predicted octanol–water partition coefficient (Wildman–Crippen LogP) is 3.45. The lowest BCUT2D eigenvalue weighted by Crippen LogP contribution is -2.26. The van der Waals surface area contributed by atoms with E-state index in [4.69, 9.17) is 4.74 Å². The van der Waals surface area contributed by atoms with E-state index in [1.165, 1.54) is 12.7 Å². The largest absolute Gasteiger partial charge is 0.367 e. The number of carbonyl (C=O) groups excluding carboxylic acids is 1. The predicted molar refractivity (Wildman–Crippen MR) is 92.6 cm³/mol. The summed E-state index contributed by atoms with van der Waals surface area (Å²) in [7, 11) is 1.51. The number of hydrazone groups is 1. The van der Waals surface area contributed by atoms with Gasteiger partial charge in [-0.05, 0) is 37.5 Å². The van der Waals surface area contributed by atoms with Gasteiger partial charge in [0.05, 0.1) is 6.21 Å². The lowest BCUT2D eigenvalue weighted by Gasteiger charge is -2.13. The highest BCUT2D eigenvalue weighted by molar-refractivity contribution is 5.87. The summed E-state index contributed by atoms with van der Waals surface area (Å²) in [6.45, 7) is 6.13. The van der Waals surface area contributed by atoms with Crippen LogP contribution in [-0.4, -0.2) is 19.2 Å². The Bertz CT molecular complexity index is 686. The first-order chi connectivity index (χ1) is 11.0. The SMILES string of the molecule is CO[C@@H](C(=O)N/N=C\c1c(C)cc(C)cc1C)c1ccccc1. The highest BCUT2D eigenvalue weighted by atomic mass is 16.5. The number of hydrogen-bond acceptors (Lipinski definition) is 3. The summed E-state index contributed by atoms with van der Waals surface area (Å²) in [6.07, 6.45) is 1.01. The normalized spacial score (nSPS) is 12.3. The van der Waals surface area contributed by atoms with E-state index in [0.29, 0.717) is 0 Å². The zero-order valence-electron chi connectivity index (χ0n) is 14.0. The van der Waals surface area contributed by atoms with Crippen LogP contribution >= 0.6 is 0 Å². The van der Waals surface area contributed by atoms with Gasteiger partial charge < -0.3 is 4.74 Å². The molecule has 4 nitrogen and oxygen atoms in total. The second kappa shape index (κ2) is 7.70. The van der Waals surface area contributed by atoms with Gasteiger partial charge in [0, 0.05) is 12.7 Å². The number of methoxy groups -OCH3 is 1. The van der Waals surface area contributed by atoms with Crippen LogP contribution in [0.4, 0.5) is 0 Å². The first kappa shape index (κ1) is 16.9. The van der Waals surface area contributed by atoms with Crippen LogP contribution in [0.1, 0.15) is 33.9 Å². The monoisotopic (exact) mass is 310 g/mol. The molecular weight excluding hydrogens is 288 g/mol. The number of ether oxygens (including phenoxy) is 1. The maximum Gasteiger partial charge on any atom is 0.273 e. The van der Waals surface area contributed by atoms with Gasteiger partial charge in [-0.25, -0.2) is 5.43 Å². The third kappa shape index (κ3) is 4.27. The molecule has 0 aromatic heterocycles. The van der Waals surface area contributed by atoms with Crippen LogP contribution in [0.2, 0.25) is 0 Å². The molecule has 120 valence electrons. The minimum Gasteiger partial charge on any atom is -0.367 e. The Balaban J connectivity index is 2.09. The molecule has 0 saturated heterocycles. The Labute approximate surface area is 137 Å². The van der Waals surface area contributed by atoms with Gasteiger partial charge >= 0.3 is 0 Å². The summed E-state index contributed by atoms with van der Waals surface area (Å²) in [6, 6.07) is 13.5. The maximum absolute atomic E-state index is 12.2. The average Bonchev–Trinajstić information content (AvgIpc) is 2.51. The molecule has 0 radical (unpaired) electrons. The summed E-state index contributed by atoms with van der Waals surface area (Å²) in [4.78, 5) is 12.2. The molecule has 0 saturated carbocycles. The molecule has 4 heteroatoms. The fourth-order valence-electron chi connectivity index (χ4n) is 2.64. The topological polar surface area (TPSA) is 50.7 Å². The van der Waals surface area contributed by atoms with Crippen LogP contribution in [0.25, 0.3) is 0 Å². The highest BCUT2D eigenvalue weighted by Gasteiger charge is 2.19. The number of nitrogens with zero attached hydrogens (tertiary/aromatic N) is 1. The first-order valence-electron chi connectivity index (χ1n) is 7.51. The summed E-state index contributed by atoms with van der Waals surface area (Å²) < 4.78 is 5.28. The zero-order valence-corrected chi connectivity index (χ0v) is 14.0. The Morgan fingerprint density at radius 3 is 2.30 bits per heavy atom. The maximum atomic E-state index is 12.2. The van der Waals surface area contributed by atoms with E-state index in [2.05, 4.69) is 29.6 Å². The highest BCUT2D eigenvalue weighted by Crippen LogP contribution is 2.16. The molecule has 2 aromatic rings. The van der Waals surface area contributed by atoms with Gasteiger partial charge in [-0.15, -0.1) is 0 Å². The Morgan fingerprint density at radius 2 is 1.74 bits per heavy atom. The number of rotatable bonds is 5. The molecule has 0 aliphatic rings. The summed E-state index contributed by atoms with van der Waals surface area (Å²) >= 11 is 0. The van der Waals surface area contributed by atoms with Gasteiger partial charge in [0.2, 0.25) is 0 Å². The Morgan fingerprint density at radius 1 is 1.13 bits per heavy atom. The van der Waals surface area contributed by atoms with Gasteiger partial charge in [0.25, 0.3) is 5.91 Å². The van der Waals surface area contributed by atoms with Crippen molar-refractivity contribution >= 4 is 12.1 Å². The van der Waals surface area contributed by atoms with E-state index in [-0.39, 0.29) is 5.91 Å². The van der Waals surface area contributed by atoms with Crippen LogP contribution in [0.15, 0.2) is 47.6 Å². The number of aryl methyl sites for hydroxylation is 3. The molecule has 0 fully saturated rings. The van der Waals surface area contributed by atoms with Crippen molar-refractivity contribution in [3.05, 3.63) is 70.3 Å². The third-order valence-corrected chi connectivity index (χ3v) is 3.68. The fourth-order valence-corrected chi connectivity index (χ4v) is 2.64. The summed E-state index contributed by atoms with van der Waals surface area (Å²) in [5, 5.41) is 4.08. The van der Waals surface area contributed by atoms with Crippen LogP contribution in [0.3, 0.4) is 0 Å². The standard InChI is InChI=1S/C19H22N2O2/c1-13-10-14(2)17(15(3)11-13)12-20-21-19(22)18(23-4)16-8-6-5-7-9-16/h5-12,18H,1-4H3,(H,21,22)/b20-12-/t18-/m1/s1. The molecule has 1 N–H and O–H groups in total. The van der Waals surface area contributed by atoms with Crippen LogP contribution in [-0.2, 0) is 9.53 Å². The van der Waals surface area contributed by atoms with E-state index >= 15 is 0 Å². The molecule has 0 unspecified atom stereocenters. The fraction of sp³-hybridized carbons (Fsp3) is 0.263. The van der Waals surface area contributed by atoms with Crippen LogP contribution in [0, 0.1) is 20.8 Å². The van der Waals surface area contributed by atoms with Gasteiger partial charge in [-0.1, -0.05) is 48.0 Å². The first-order valence-corrected chi connectivity index (χ1v) is 7.51. The van der Waals surface area contributed by atoms with Crippen LogP contribution in [0.5, 0.6) is 0 Å². The number of benzene rings is 2. The number of nitrogens with one attached hydrogen (secondary N) is 1. The Hall–Kier alpha value is -2.46. The van der Waals surface area contributed by atoms with E-state index in [1.54, 1.807) is 6.21 Å². The van der Waals surface area contributed by atoms with Crippen molar-refractivity contribution in [2.45, 2.75) is 26.9 Å². The number of hydrogen-bond donors (Lipinski definition) is 1. The van der Waals surface area contributed by atoms with Crippen molar-refractivity contribution in [1.82, 2.24) is 5.43 Å². The quantitative estimate of drug-likeness (QED) is 0.679. The average molecular weight is 310 g/mol. The van der Waals surface area contributed by atoms with Gasteiger partial charge in [0.1, 0.15) is 0 Å². The van der Waals surface area contributed by atoms with E-state index in [0.717, 1.165) is 22.3 Å². The third-order valence-electron chi connectivity index (χ3n) is 3.68. The molecule has 0 spiro atoms. The van der Waals surface area contributed by atoms with E-state index in [9.17, 15) is 4.79 Å². The zero-order chi connectivity index (χ0) is 16.8. The molecule has 1 atom stereocenters. The molecular formula is C19H22N2O2. The van der Waals surface area contributed by atoms with Crippen LogP contribution < -0.4 is 5.43 Å². The minimum absolute atomic E-state index is 0.294. The van der Waals surface area contributed by atoms with E-state index < -0.39 is 6.10 Å². The van der Waals surface area contributed by atoms with Gasteiger partial charge in [-0.3, -0.25) is 4.79 Å². The van der Waals surface area contributed by atoms with Gasteiger partial charge in [0.15, 0.2) is 6.10 Å². The molecule has 0 bridgehead atoms. The number of carbonyl (C=O) groups is 1. The summed E-state index contributed by atoms with van der Waals surface area (Å²) in [5.41, 5.74) is 7.85.